The highest BCUT2D eigenvalue weighted by atomic mass is 16.6. The predicted octanol–water partition coefficient (Wildman–Crippen LogP) is -2.74. The summed E-state index contributed by atoms with van der Waals surface area (Å²) < 4.78 is 7.03. The maximum absolute atomic E-state index is 11.6. The summed E-state index contributed by atoms with van der Waals surface area (Å²) in [4.78, 5) is 15.5. The monoisotopic (exact) mass is 325 g/mol. The molecule has 0 aromatic carbocycles. The van der Waals surface area contributed by atoms with Gasteiger partial charge in [-0.25, -0.2) is 4.98 Å². The minimum atomic E-state index is -1.39. The van der Waals surface area contributed by atoms with Gasteiger partial charge in [0.25, 0.3) is 5.91 Å². The van der Waals surface area contributed by atoms with Gasteiger partial charge in [-0.15, -0.1) is 0 Å². The Morgan fingerprint density at radius 3 is 2.70 bits per heavy atom. The Hall–Kier alpha value is -2.47. The Balaban J connectivity index is 2.22. The lowest BCUT2D eigenvalue weighted by Gasteiger charge is -2.17. The molecule has 3 heterocycles. The maximum atomic E-state index is 11.6. The number of nitrogens with one attached hydrogen (secondary N) is 1. The second-order valence-electron chi connectivity index (χ2n) is 5.18. The van der Waals surface area contributed by atoms with Gasteiger partial charge < -0.3 is 35.6 Å². The van der Waals surface area contributed by atoms with Crippen molar-refractivity contribution < 1.29 is 30.1 Å². The van der Waals surface area contributed by atoms with Crippen molar-refractivity contribution >= 4 is 16.9 Å². The lowest BCUT2D eigenvalue weighted by Crippen LogP contribution is -2.33. The third-order valence-electron chi connectivity index (χ3n) is 3.82. The maximum Gasteiger partial charge on any atom is 0.251 e. The van der Waals surface area contributed by atoms with Gasteiger partial charge in [0.2, 0.25) is 0 Å². The first-order chi connectivity index (χ1) is 10.9. The first-order valence-corrected chi connectivity index (χ1v) is 6.65. The minimum Gasteiger partial charge on any atom is -0.425 e. The number of nitrogens with zero attached hydrogens (tertiary/aromatic N) is 3. The molecule has 1 saturated heterocycles. The van der Waals surface area contributed by atoms with Crippen LogP contribution >= 0.6 is 0 Å². The lowest BCUT2D eigenvalue weighted by molar-refractivity contribution is -0.0509. The van der Waals surface area contributed by atoms with E-state index in [1.807, 2.05) is 0 Å². The minimum absolute atomic E-state index is 0.0276. The highest BCUT2D eigenvalue weighted by Crippen LogP contribution is 2.32. The van der Waals surface area contributed by atoms with Crippen LogP contribution in [-0.2, 0) is 4.74 Å². The summed E-state index contributed by atoms with van der Waals surface area (Å²) in [6, 6.07) is 0. The van der Waals surface area contributed by atoms with E-state index in [1.54, 1.807) is 0 Å². The van der Waals surface area contributed by atoms with Gasteiger partial charge in [0.05, 0.1) is 17.6 Å². The fourth-order valence-electron chi connectivity index (χ4n) is 2.65. The van der Waals surface area contributed by atoms with Gasteiger partial charge in [0.1, 0.15) is 30.3 Å². The van der Waals surface area contributed by atoms with E-state index in [0.717, 1.165) is 6.33 Å². The molecule has 2 aromatic rings. The van der Waals surface area contributed by atoms with Crippen LogP contribution in [-0.4, -0.2) is 65.6 Å². The van der Waals surface area contributed by atoms with Crippen molar-refractivity contribution in [3.63, 3.8) is 0 Å². The molecule has 0 spiro atoms. The number of carbonyl (C=O) groups excluding carboxylic acids is 1. The van der Waals surface area contributed by atoms with E-state index in [2.05, 4.69) is 4.98 Å². The van der Waals surface area contributed by atoms with Crippen LogP contribution in [0.3, 0.4) is 0 Å². The second kappa shape index (κ2) is 5.31. The van der Waals surface area contributed by atoms with E-state index in [4.69, 9.17) is 21.0 Å². The Morgan fingerprint density at radius 2 is 2.13 bits per heavy atom. The number of primary amides is 1. The van der Waals surface area contributed by atoms with E-state index in [-0.39, 0.29) is 16.6 Å². The van der Waals surface area contributed by atoms with Crippen molar-refractivity contribution in [3.8, 4) is 0 Å². The molecule has 0 unspecified atom stereocenters. The number of carbonyl (C=O) groups is 1. The fraction of sp³-hybridized carbons (Fsp3) is 0.417. The molecule has 1 fully saturated rings. The second-order valence-corrected chi connectivity index (χ2v) is 5.18. The summed E-state index contributed by atoms with van der Waals surface area (Å²) in [5, 5.41) is 46.4. The van der Waals surface area contributed by atoms with Gasteiger partial charge in [0.15, 0.2) is 11.7 Å². The van der Waals surface area contributed by atoms with E-state index in [0.29, 0.717) is 4.73 Å². The van der Waals surface area contributed by atoms with Crippen molar-refractivity contribution in [2.45, 2.75) is 24.5 Å². The van der Waals surface area contributed by atoms with Gasteiger partial charge in [-0.2, -0.15) is 4.73 Å². The molecular weight excluding hydrogens is 310 g/mol. The molecule has 0 bridgehead atoms. The molecule has 0 aliphatic carbocycles. The Morgan fingerprint density at radius 1 is 1.43 bits per heavy atom. The topological polar surface area (TPSA) is 180 Å². The summed E-state index contributed by atoms with van der Waals surface area (Å²) in [5.41, 5.74) is 4.82. The fourth-order valence-corrected chi connectivity index (χ4v) is 2.65. The van der Waals surface area contributed by atoms with Crippen LogP contribution in [0.4, 0.5) is 0 Å². The summed E-state index contributed by atoms with van der Waals surface area (Å²) >= 11 is 0. The molecule has 1 aliphatic heterocycles. The average Bonchev–Trinajstić information content (AvgIpc) is 3.03. The summed E-state index contributed by atoms with van der Waals surface area (Å²) in [6.07, 6.45) is -2.71. The number of hydrogen-bond donors (Lipinski definition) is 6. The molecule has 124 valence electrons. The normalized spacial score (nSPS) is 27.6. The number of rotatable bonds is 3. The van der Waals surface area contributed by atoms with Crippen molar-refractivity contribution in [3.05, 3.63) is 23.6 Å². The quantitative estimate of drug-likeness (QED) is 0.331. The number of aliphatic hydroxyl groups is 3. The third-order valence-corrected chi connectivity index (χ3v) is 3.82. The number of aliphatic hydroxyl groups excluding tert-OH is 3. The van der Waals surface area contributed by atoms with Crippen molar-refractivity contribution in [2.75, 3.05) is 6.61 Å². The largest absolute Gasteiger partial charge is 0.425 e. The molecule has 1 aliphatic rings. The smallest absolute Gasteiger partial charge is 0.251 e. The van der Waals surface area contributed by atoms with E-state index in [9.17, 15) is 20.2 Å². The van der Waals surface area contributed by atoms with Crippen molar-refractivity contribution in [1.82, 2.24) is 14.3 Å². The predicted molar refractivity (Wildman–Crippen MR) is 72.3 cm³/mol. The zero-order valence-corrected chi connectivity index (χ0v) is 11.7. The van der Waals surface area contributed by atoms with E-state index in [1.165, 1.54) is 10.8 Å². The van der Waals surface area contributed by atoms with E-state index >= 15 is 0 Å². The molecule has 23 heavy (non-hydrogen) atoms. The first-order valence-electron chi connectivity index (χ1n) is 6.65. The molecule has 11 nitrogen and oxygen atoms in total. The standard InChI is InChI=1S/C12H15N5O6/c13-9-6-4(10(14)21)1-16(11(6)15-3-17(9)22)12-8(20)7(19)5(2-18)23-12/h1,3,5,7-8,12-13,18-20,22H,2H2,(H2,14,21)/t5-,7+,8+,12+/m0/s1. The molecule has 1 amide bonds. The van der Waals surface area contributed by atoms with Gasteiger partial charge in [-0.1, -0.05) is 0 Å². The van der Waals surface area contributed by atoms with Gasteiger partial charge >= 0.3 is 0 Å². The zero-order chi connectivity index (χ0) is 16.9. The SMILES string of the molecule is N=c1c2c(C(N)=O)cn([C@@H]3O[C@@H](CO)[C@@H](O)[C@H]3O)c2ncn1O. The molecule has 0 saturated carbocycles. The van der Waals surface area contributed by atoms with Crippen LogP contribution in [0.15, 0.2) is 12.5 Å². The highest BCUT2D eigenvalue weighted by molar-refractivity contribution is 6.04. The molecular formula is C12H15N5O6. The number of aromatic nitrogens is 3. The van der Waals surface area contributed by atoms with Crippen molar-refractivity contribution in [1.29, 1.82) is 5.41 Å². The van der Waals surface area contributed by atoms with Gasteiger partial charge in [0, 0.05) is 6.20 Å². The summed E-state index contributed by atoms with van der Waals surface area (Å²) in [6.45, 7) is -0.510. The summed E-state index contributed by atoms with van der Waals surface area (Å²) in [5.74, 6) is -0.859. The summed E-state index contributed by atoms with van der Waals surface area (Å²) in [7, 11) is 0. The number of nitrogens with two attached hydrogens (primary N) is 1. The van der Waals surface area contributed by atoms with Crippen LogP contribution in [0.1, 0.15) is 16.6 Å². The number of fused-ring (bicyclic) bond motifs is 1. The number of amides is 1. The third kappa shape index (κ3) is 2.17. The zero-order valence-electron chi connectivity index (χ0n) is 11.7. The Bertz CT molecular complexity index is 829. The lowest BCUT2D eigenvalue weighted by atomic mass is 10.1. The molecule has 2 aromatic heterocycles. The van der Waals surface area contributed by atoms with Crippen LogP contribution in [0.5, 0.6) is 0 Å². The molecule has 11 heteroatoms. The Labute approximate surface area is 128 Å². The molecule has 0 radical (unpaired) electrons. The number of hydrogen-bond acceptors (Lipinski definition) is 8. The number of ether oxygens (including phenoxy) is 1. The van der Waals surface area contributed by atoms with Crippen LogP contribution in [0.25, 0.3) is 11.0 Å². The molecule has 7 N–H and O–H groups in total. The van der Waals surface area contributed by atoms with Crippen molar-refractivity contribution in [2.24, 2.45) is 5.73 Å². The average molecular weight is 325 g/mol. The van der Waals surface area contributed by atoms with Crippen LogP contribution in [0, 0.1) is 5.41 Å². The van der Waals surface area contributed by atoms with Gasteiger partial charge in [-0.3, -0.25) is 10.2 Å². The highest BCUT2D eigenvalue weighted by Gasteiger charge is 2.44. The van der Waals surface area contributed by atoms with E-state index < -0.39 is 42.5 Å². The van der Waals surface area contributed by atoms with Crippen LogP contribution < -0.4 is 11.2 Å². The first kappa shape index (κ1) is 15.4. The molecule has 3 rings (SSSR count). The Kier molecular flexibility index (Phi) is 3.56. The molecule has 4 atom stereocenters. The van der Waals surface area contributed by atoms with Gasteiger partial charge in [-0.05, 0) is 0 Å². The van der Waals surface area contributed by atoms with Crippen LogP contribution in [0.2, 0.25) is 0 Å².